The second kappa shape index (κ2) is 12.4. The summed E-state index contributed by atoms with van der Waals surface area (Å²) in [7, 11) is 0. The number of aryl methyl sites for hydroxylation is 2. The van der Waals surface area contributed by atoms with Gasteiger partial charge in [0, 0.05) is 21.9 Å². The fourth-order valence-corrected chi connectivity index (χ4v) is 5.78. The Morgan fingerprint density at radius 1 is 1.12 bits per heavy atom. The van der Waals surface area contributed by atoms with Crippen LogP contribution in [0.4, 0.5) is 0 Å². The lowest BCUT2D eigenvalue weighted by atomic mass is 9.94. The fraction of sp³-hybridized carbons (Fsp3) is 0.385. The van der Waals surface area contributed by atoms with Gasteiger partial charge in [-0.2, -0.15) is 4.21 Å². The topological polar surface area (TPSA) is 81.8 Å². The van der Waals surface area contributed by atoms with Gasteiger partial charge in [0.15, 0.2) is 0 Å². The van der Waals surface area contributed by atoms with Gasteiger partial charge in [-0.25, -0.2) is 0 Å². The van der Waals surface area contributed by atoms with Gasteiger partial charge in [-0.1, -0.05) is 49.4 Å². The average Bonchev–Trinajstić information content (AvgIpc) is 3.20. The number of hydrogen-bond acceptors (Lipinski definition) is 5. The van der Waals surface area contributed by atoms with E-state index in [1.807, 2.05) is 38.1 Å². The summed E-state index contributed by atoms with van der Waals surface area (Å²) in [5.41, 5.74) is 10.5. The summed E-state index contributed by atoms with van der Waals surface area (Å²) in [6.07, 6.45) is 2.60. The normalized spacial score (nSPS) is 14.1. The second-order valence-electron chi connectivity index (χ2n) is 8.22. The van der Waals surface area contributed by atoms with Gasteiger partial charge in [0.1, 0.15) is 18.5 Å². The first kappa shape index (κ1) is 25.6. The van der Waals surface area contributed by atoms with Crippen molar-refractivity contribution < 1.29 is 17.7 Å². The molecule has 178 valence electrons. The Kier molecular flexibility index (Phi) is 9.64. The molecule has 5 nitrogen and oxygen atoms in total. The minimum Gasteiger partial charge on any atom is -0.489 e. The number of rotatable bonds is 12. The molecular weight excluding hydrogens is 454 g/mol. The minimum absolute atomic E-state index is 0.400. The number of nitrogens with two attached hydrogens (primary N) is 1. The molecular formula is C26H33NO4S2. The zero-order valence-corrected chi connectivity index (χ0v) is 21.1. The van der Waals surface area contributed by atoms with Crippen LogP contribution < -0.4 is 10.5 Å². The van der Waals surface area contributed by atoms with Gasteiger partial charge < -0.3 is 10.5 Å². The lowest BCUT2D eigenvalue weighted by Crippen LogP contribution is -2.04. The molecule has 2 aromatic carbocycles. The van der Waals surface area contributed by atoms with Gasteiger partial charge in [-0.3, -0.25) is 8.74 Å². The van der Waals surface area contributed by atoms with Crippen molar-refractivity contribution in [2.75, 3.05) is 0 Å². The van der Waals surface area contributed by atoms with Crippen LogP contribution in [0.5, 0.6) is 5.75 Å². The molecule has 33 heavy (non-hydrogen) atoms. The third-order valence-corrected chi connectivity index (χ3v) is 7.84. The van der Waals surface area contributed by atoms with E-state index in [1.165, 1.54) is 10.4 Å². The largest absolute Gasteiger partial charge is 0.489 e. The smallest absolute Gasteiger partial charge is 0.302 e. The Morgan fingerprint density at radius 2 is 1.88 bits per heavy atom. The van der Waals surface area contributed by atoms with E-state index >= 15 is 0 Å². The van der Waals surface area contributed by atoms with Crippen LogP contribution in [0.25, 0.3) is 0 Å². The van der Waals surface area contributed by atoms with Gasteiger partial charge in [-0.15, -0.1) is 11.3 Å². The van der Waals surface area contributed by atoms with E-state index in [2.05, 4.69) is 37.3 Å². The molecule has 0 radical (unpaired) electrons. The van der Waals surface area contributed by atoms with E-state index in [4.69, 9.17) is 19.2 Å². The third-order valence-electron chi connectivity index (χ3n) is 5.83. The summed E-state index contributed by atoms with van der Waals surface area (Å²) >= 11 is -0.586. The zero-order chi connectivity index (χ0) is 23.8. The van der Waals surface area contributed by atoms with E-state index in [9.17, 15) is 4.21 Å². The molecule has 0 amide bonds. The van der Waals surface area contributed by atoms with Gasteiger partial charge in [0.25, 0.3) is 0 Å². The van der Waals surface area contributed by atoms with Crippen LogP contribution in [0.3, 0.4) is 0 Å². The summed E-state index contributed by atoms with van der Waals surface area (Å²) in [5, 5.41) is 0. The Balaban J connectivity index is 1.65. The summed E-state index contributed by atoms with van der Waals surface area (Å²) in [6.45, 7) is 7.01. The maximum Gasteiger partial charge on any atom is 0.302 e. The van der Waals surface area contributed by atoms with Crippen molar-refractivity contribution in [2.45, 2.75) is 65.2 Å². The predicted molar refractivity (Wildman–Crippen MR) is 136 cm³/mol. The maximum atomic E-state index is 11.0. The summed E-state index contributed by atoms with van der Waals surface area (Å²) < 4.78 is 31.1. The van der Waals surface area contributed by atoms with E-state index in [-0.39, 0.29) is 0 Å². The predicted octanol–water partition coefficient (Wildman–Crippen LogP) is 6.43. The highest BCUT2D eigenvalue weighted by atomic mass is 32.2. The Hall–Kier alpha value is -2.03. The lowest BCUT2D eigenvalue weighted by Gasteiger charge is -2.15. The van der Waals surface area contributed by atoms with Crippen LogP contribution in [0, 0.1) is 6.92 Å². The molecule has 3 atom stereocenters. The molecule has 3 unspecified atom stereocenters. The Bertz CT molecular complexity index is 1050. The first-order valence-corrected chi connectivity index (χ1v) is 13.1. The average molecular weight is 488 g/mol. The molecule has 0 fully saturated rings. The fourth-order valence-electron chi connectivity index (χ4n) is 4.01. The molecule has 1 aromatic heterocycles. The standard InChI is InChI=1S/C26H33NO4S2/c1-4-22(25-14-18(2)26(32-25)19(3)31-33(28)29)12-10-20-11-13-24(23(15-20)16-27)30-17-21-8-6-5-7-9-21/h5-9,11,13-15,19,22H,4,10,12,16-17,27H2,1-3H3,(H,28,29). The highest BCUT2D eigenvalue weighted by molar-refractivity contribution is 7.74. The van der Waals surface area contributed by atoms with Crippen LogP contribution in [-0.4, -0.2) is 8.76 Å². The van der Waals surface area contributed by atoms with Crippen LogP contribution in [0.1, 0.15) is 70.7 Å². The molecule has 0 bridgehead atoms. The van der Waals surface area contributed by atoms with Crippen LogP contribution >= 0.6 is 11.3 Å². The highest BCUT2D eigenvalue weighted by Gasteiger charge is 2.20. The molecule has 0 saturated heterocycles. The summed E-state index contributed by atoms with van der Waals surface area (Å²) in [5.74, 6) is 1.26. The molecule has 3 rings (SSSR count). The maximum absolute atomic E-state index is 11.0. The van der Waals surface area contributed by atoms with Crippen LogP contribution in [0.15, 0.2) is 54.6 Å². The van der Waals surface area contributed by atoms with E-state index in [0.717, 1.165) is 46.6 Å². The summed E-state index contributed by atoms with van der Waals surface area (Å²) in [6, 6.07) is 18.6. The van der Waals surface area contributed by atoms with Crippen molar-refractivity contribution in [3.05, 3.63) is 86.6 Å². The molecule has 3 N–H and O–H groups in total. The first-order valence-electron chi connectivity index (χ1n) is 11.3. The van der Waals surface area contributed by atoms with E-state index < -0.39 is 17.5 Å². The van der Waals surface area contributed by atoms with E-state index in [1.54, 1.807) is 11.3 Å². The van der Waals surface area contributed by atoms with Crippen molar-refractivity contribution >= 4 is 22.7 Å². The van der Waals surface area contributed by atoms with Gasteiger partial charge in [0.05, 0.1) is 0 Å². The molecule has 0 aliphatic rings. The SMILES string of the molecule is CCC(CCc1ccc(OCc2ccccc2)c(CN)c1)c1cc(C)c(C(C)OS(=O)O)s1. The molecule has 0 saturated carbocycles. The van der Waals surface area contributed by atoms with Crippen LogP contribution in [-0.2, 0) is 35.1 Å². The van der Waals surface area contributed by atoms with Gasteiger partial charge >= 0.3 is 11.4 Å². The molecule has 1 heterocycles. The minimum atomic E-state index is -2.27. The van der Waals surface area contributed by atoms with Crippen molar-refractivity contribution in [1.82, 2.24) is 0 Å². The van der Waals surface area contributed by atoms with Crippen LogP contribution in [0.2, 0.25) is 0 Å². The van der Waals surface area contributed by atoms with Crippen molar-refractivity contribution in [1.29, 1.82) is 0 Å². The number of thiophene rings is 1. The number of ether oxygens (including phenoxy) is 1. The Labute approximate surface area is 203 Å². The second-order valence-corrected chi connectivity index (χ2v) is 9.96. The van der Waals surface area contributed by atoms with Crippen molar-refractivity contribution in [3.63, 3.8) is 0 Å². The van der Waals surface area contributed by atoms with Crippen molar-refractivity contribution in [3.8, 4) is 5.75 Å². The van der Waals surface area contributed by atoms with Crippen molar-refractivity contribution in [2.24, 2.45) is 5.73 Å². The number of benzene rings is 2. The number of hydrogen-bond donors (Lipinski definition) is 2. The highest BCUT2D eigenvalue weighted by Crippen LogP contribution is 2.37. The molecule has 7 heteroatoms. The lowest BCUT2D eigenvalue weighted by molar-refractivity contribution is 0.230. The monoisotopic (exact) mass is 487 g/mol. The molecule has 0 aliphatic carbocycles. The summed E-state index contributed by atoms with van der Waals surface area (Å²) in [4.78, 5) is 2.31. The molecule has 3 aromatic rings. The first-order chi connectivity index (χ1) is 15.9. The van der Waals surface area contributed by atoms with Gasteiger partial charge in [-0.05, 0) is 67.9 Å². The quantitative estimate of drug-likeness (QED) is 0.288. The third kappa shape index (κ3) is 7.22. The van der Waals surface area contributed by atoms with E-state index in [0.29, 0.717) is 19.1 Å². The molecule has 0 aliphatic heterocycles. The van der Waals surface area contributed by atoms with Gasteiger partial charge in [0.2, 0.25) is 0 Å². The Morgan fingerprint density at radius 3 is 2.55 bits per heavy atom. The molecule has 0 spiro atoms. The zero-order valence-electron chi connectivity index (χ0n) is 19.5.